The second-order valence-corrected chi connectivity index (χ2v) is 32.2. The van der Waals surface area contributed by atoms with Crippen LogP contribution in [-0.2, 0) is 19.2 Å². The van der Waals surface area contributed by atoms with Crippen LogP contribution in [0.3, 0.4) is 0 Å². The normalized spacial score (nSPS) is 19.1. The quantitative estimate of drug-likeness (QED) is 0.0531. The number of aliphatic imine (C=N–C) groups is 4. The third-order valence-corrected chi connectivity index (χ3v) is 23.8. The highest BCUT2D eigenvalue weighted by molar-refractivity contribution is 8.19. The number of likely N-dealkylation sites (tertiary alicyclic amines) is 1. The van der Waals surface area contributed by atoms with Crippen molar-refractivity contribution < 1.29 is 74.9 Å². The van der Waals surface area contributed by atoms with Gasteiger partial charge in [0, 0.05) is 165 Å². The molecular formula is C83H110F4N18O12S4. The third-order valence-electron chi connectivity index (χ3n) is 19.7. The zero-order valence-corrected chi connectivity index (χ0v) is 71.5. The van der Waals surface area contributed by atoms with Crippen LogP contribution in [0, 0.1) is 23.3 Å². The number of halogens is 4. The van der Waals surface area contributed by atoms with E-state index in [1.165, 1.54) is 130 Å². The van der Waals surface area contributed by atoms with Gasteiger partial charge >= 0.3 is 24.4 Å². The van der Waals surface area contributed by atoms with Crippen molar-refractivity contribution in [3.8, 4) is 23.0 Å². The molecule has 121 heavy (non-hydrogen) atoms. The predicted octanol–water partition coefficient (Wildman–Crippen LogP) is 13.4. The lowest BCUT2D eigenvalue weighted by Gasteiger charge is -2.28. The van der Waals surface area contributed by atoms with Crippen molar-refractivity contribution in [1.29, 1.82) is 0 Å². The first kappa shape index (κ1) is 96.8. The van der Waals surface area contributed by atoms with Gasteiger partial charge in [-0.15, -0.1) is 0 Å². The zero-order chi connectivity index (χ0) is 85.2. The van der Waals surface area contributed by atoms with Crippen LogP contribution in [0.5, 0.6) is 23.0 Å². The lowest BCUT2D eigenvalue weighted by atomic mass is 10.2. The Balaban J connectivity index is 0.000000200. The second kappa shape index (κ2) is 47.7. The van der Waals surface area contributed by atoms with Crippen molar-refractivity contribution in [2.45, 2.75) is 120 Å². The number of likely N-dealkylation sites (N-methyl/N-ethyl adjacent to an activating group) is 3. The number of rotatable bonds is 18. The molecule has 5 saturated heterocycles. The van der Waals surface area contributed by atoms with Gasteiger partial charge in [0.15, 0.2) is 20.7 Å². The number of thioether (sulfide) groups is 4. The molecule has 0 spiro atoms. The minimum Gasteiger partial charge on any atom is -0.409 e. The van der Waals surface area contributed by atoms with E-state index in [-0.39, 0.29) is 61.5 Å². The van der Waals surface area contributed by atoms with Crippen molar-refractivity contribution in [3.63, 3.8) is 0 Å². The fourth-order valence-electron chi connectivity index (χ4n) is 12.9. The molecule has 9 aliphatic rings. The highest BCUT2D eigenvalue weighted by atomic mass is 32.2. The maximum absolute atomic E-state index is 14.0. The Morgan fingerprint density at radius 2 is 0.752 bits per heavy atom. The molecule has 1 unspecified atom stereocenters. The van der Waals surface area contributed by atoms with Crippen LogP contribution in [0.15, 0.2) is 112 Å². The van der Waals surface area contributed by atoms with E-state index in [2.05, 4.69) is 79.2 Å². The molecular weight excluding hydrogens is 1650 g/mol. The molecule has 9 heterocycles. The Hall–Kier alpha value is -9.64. The van der Waals surface area contributed by atoms with Gasteiger partial charge in [-0.05, 0) is 218 Å². The van der Waals surface area contributed by atoms with E-state index in [0.29, 0.717) is 108 Å². The van der Waals surface area contributed by atoms with Crippen molar-refractivity contribution in [2.24, 2.45) is 20.0 Å². The Bertz CT molecular complexity index is 4590. The van der Waals surface area contributed by atoms with Crippen molar-refractivity contribution in [3.05, 3.63) is 138 Å². The summed E-state index contributed by atoms with van der Waals surface area (Å²) in [4.78, 5) is 127. The summed E-state index contributed by atoms with van der Waals surface area (Å²) in [5.74, 6) is -3.27. The van der Waals surface area contributed by atoms with Crippen LogP contribution < -0.4 is 40.7 Å². The third kappa shape index (κ3) is 27.7. The molecule has 0 aliphatic carbocycles. The fourth-order valence-corrected chi connectivity index (χ4v) is 16.6. The molecule has 38 heteroatoms. The van der Waals surface area contributed by atoms with Crippen LogP contribution >= 0.6 is 47.0 Å². The van der Waals surface area contributed by atoms with Gasteiger partial charge in [0.25, 0.3) is 23.6 Å². The highest BCUT2D eigenvalue weighted by Crippen LogP contribution is 2.38. The molecule has 0 bridgehead atoms. The molecule has 9 aliphatic heterocycles. The second-order valence-electron chi connectivity index (χ2n) is 28.1. The van der Waals surface area contributed by atoms with E-state index in [4.69, 9.17) is 18.9 Å². The number of carbonyl (C=O) groups excluding carboxylic acids is 8. The smallest absolute Gasteiger partial charge is 0.409 e. The summed E-state index contributed by atoms with van der Waals surface area (Å²) >= 11 is 5.00. The number of amidine groups is 4. The molecule has 0 saturated carbocycles. The van der Waals surface area contributed by atoms with Crippen molar-refractivity contribution in [2.75, 3.05) is 139 Å². The summed E-state index contributed by atoms with van der Waals surface area (Å²) in [6, 6.07) is 15.9. The number of nitrogens with zero attached hydrogens (tertiary/aromatic N) is 14. The summed E-state index contributed by atoms with van der Waals surface area (Å²) in [5, 5.41) is 9.89. The molecule has 4 N–H and O–H groups in total. The molecule has 30 nitrogen and oxygen atoms in total. The number of carbonyl (C=O) groups is 8. The van der Waals surface area contributed by atoms with E-state index in [0.717, 1.165) is 155 Å². The minimum absolute atomic E-state index is 0. The van der Waals surface area contributed by atoms with Crippen molar-refractivity contribution in [1.82, 2.24) is 71.1 Å². The molecule has 5 fully saturated rings. The maximum Gasteiger partial charge on any atom is 0.415 e. The molecule has 0 radical (unpaired) electrons. The number of hydrogen-bond acceptors (Lipinski definition) is 26. The average molecular weight is 1760 g/mol. The SMILES string of the molecule is C.C.CCN(CC)C(=O)Oc1cc(F)ccc1/C=C1\SC(N2CCCCN2)=NC1=O.CCN(CC)C1CCN(C(=O)Oc2cc(F)ccc2/C=C2\SC(N3CCCCN3)=NC2=O)C1.CCN(CC)CCN(C)C(=O)Oc1cc(F)ccc1/C=C1\SC(N2CCCCN2)=NC1=O.CN(C)C(=O)Oc1cc(F)ccc1/C=C1\SC(N2CCCCN2)=NC1=O. The van der Waals surface area contributed by atoms with Crippen LogP contribution in [0.25, 0.3) is 24.3 Å². The molecule has 656 valence electrons. The molecule has 8 amide bonds. The summed E-state index contributed by atoms with van der Waals surface area (Å²) in [7, 11) is 4.70. The molecule has 13 rings (SSSR count). The van der Waals surface area contributed by atoms with Crippen molar-refractivity contribution >= 4 is 140 Å². The first-order valence-corrected chi connectivity index (χ1v) is 43.2. The number of hydrogen-bond donors (Lipinski definition) is 4. The van der Waals surface area contributed by atoms with Crippen LogP contribution in [-0.4, -0.2) is 263 Å². The van der Waals surface area contributed by atoms with E-state index < -0.39 is 47.6 Å². The lowest BCUT2D eigenvalue weighted by molar-refractivity contribution is -0.114. The van der Waals surface area contributed by atoms with Gasteiger partial charge in [-0.2, -0.15) is 20.0 Å². The van der Waals surface area contributed by atoms with E-state index in [1.807, 2.05) is 33.9 Å². The first-order valence-electron chi connectivity index (χ1n) is 39.9. The Kier molecular flexibility index (Phi) is 38.2. The van der Waals surface area contributed by atoms with E-state index >= 15 is 0 Å². The first-order chi connectivity index (χ1) is 57.3. The van der Waals surface area contributed by atoms with E-state index in [9.17, 15) is 55.9 Å². The molecule has 4 aromatic rings. The summed E-state index contributed by atoms with van der Waals surface area (Å²) in [6.45, 7) is 25.5. The minimum atomic E-state index is -0.630. The van der Waals surface area contributed by atoms with Crippen LogP contribution in [0.2, 0.25) is 0 Å². The van der Waals surface area contributed by atoms with Crippen LogP contribution in [0.1, 0.15) is 136 Å². The topological polar surface area (TPSA) is 303 Å². The van der Waals surface area contributed by atoms with Gasteiger partial charge in [0.1, 0.15) is 46.3 Å². The Labute approximate surface area is 722 Å². The number of amides is 8. The Morgan fingerprint density at radius 1 is 0.430 bits per heavy atom. The van der Waals surface area contributed by atoms with Gasteiger partial charge in [-0.1, -0.05) is 42.5 Å². The fraction of sp³-hybridized carbons (Fsp3) is 0.470. The largest absolute Gasteiger partial charge is 0.415 e. The lowest BCUT2D eigenvalue weighted by Crippen LogP contribution is -2.45. The maximum atomic E-state index is 14.0. The summed E-state index contributed by atoms with van der Waals surface area (Å²) in [6.07, 6.45) is 13.4. The number of benzene rings is 4. The number of ether oxygens (including phenoxy) is 4. The van der Waals surface area contributed by atoms with Crippen LogP contribution in [0.4, 0.5) is 36.7 Å². The summed E-state index contributed by atoms with van der Waals surface area (Å²) in [5.41, 5.74) is 14.7. The van der Waals surface area contributed by atoms with Gasteiger partial charge in [-0.3, -0.25) is 44.1 Å². The molecule has 1 atom stereocenters. The van der Waals surface area contributed by atoms with Gasteiger partial charge in [-0.25, -0.2) is 58.4 Å². The van der Waals surface area contributed by atoms with Gasteiger partial charge in [0.2, 0.25) is 0 Å². The number of nitrogens with one attached hydrogen (secondary N) is 4. The highest BCUT2D eigenvalue weighted by Gasteiger charge is 2.35. The summed E-state index contributed by atoms with van der Waals surface area (Å²) < 4.78 is 76.8. The monoisotopic (exact) mass is 1750 g/mol. The molecule has 4 aromatic carbocycles. The van der Waals surface area contributed by atoms with Gasteiger partial charge in [0.05, 0.1) is 19.6 Å². The van der Waals surface area contributed by atoms with Gasteiger partial charge < -0.3 is 43.4 Å². The predicted molar refractivity (Wildman–Crippen MR) is 471 cm³/mol. The average Bonchev–Trinajstić information content (AvgIpc) is 1.74. The number of hydrazine groups is 4. The Morgan fingerprint density at radius 3 is 1.05 bits per heavy atom. The van der Waals surface area contributed by atoms with E-state index in [1.54, 1.807) is 36.3 Å². The zero-order valence-electron chi connectivity index (χ0n) is 68.2. The standard InChI is InChI=1S/C23H30FN5O3S.C22H30FN5O3S.C19H23FN4O3S.C17H19FN4O3S.2CH4/c1-3-27(4-2)18-9-12-28(15-18)23(31)32-19-14-17(24)8-7-16(19)13-20-21(30)26-22(33-20)29-11-6-5-10-25-29;1-4-27(5-2)13-12-26(3)22(30)31-18-15-17(23)9-8-16(18)14-19-20(29)25-21(32-19)28-11-7-6-10-24-28;1-3-23(4-2)19(26)27-15-12-14(20)8-7-13(15)11-16-17(25)22-18(28-16)24-10-6-5-9-21-24;1-21(2)17(24)25-13-10-12(18)6-5-11(13)9-14-15(23)20-16(26-14)22-8-4-3-7-19-22;;/h7-8,13-14,18,25H,3-6,9-12,15H2,1-2H3;8-9,14-15,24H,4-7,10-13H2,1-3H3;7-8,11-12,21H,3-6,9-10H2,1-2H3;5-6,9-10,19H,3-4,7-8H2,1-2H3;2*1H4/b20-13-;19-14-;16-11-;14-9-;;. The molecule has 0 aromatic heterocycles.